The molecule has 2 unspecified atom stereocenters. The van der Waals surface area contributed by atoms with E-state index in [1.807, 2.05) is 13.8 Å². The topological polar surface area (TPSA) is 58.0 Å². The second-order valence-electron chi connectivity index (χ2n) is 4.67. The van der Waals surface area contributed by atoms with Crippen LogP contribution in [-0.4, -0.2) is 27.7 Å². The van der Waals surface area contributed by atoms with E-state index < -0.39 is 0 Å². The fourth-order valence-corrected chi connectivity index (χ4v) is 2.46. The monoisotopic (exact) mass is 255 g/mol. The molecule has 1 heterocycles. The van der Waals surface area contributed by atoms with E-state index in [0.717, 1.165) is 37.2 Å². The summed E-state index contributed by atoms with van der Waals surface area (Å²) in [6, 6.07) is 0. The lowest BCUT2D eigenvalue weighted by atomic mass is 10.1. The molecule has 0 amide bonds. The van der Waals surface area contributed by atoms with Gasteiger partial charge < -0.3 is 10.4 Å². The van der Waals surface area contributed by atoms with Crippen molar-refractivity contribution in [2.24, 2.45) is 5.92 Å². The molecule has 17 heavy (non-hydrogen) atoms. The van der Waals surface area contributed by atoms with Crippen molar-refractivity contribution < 1.29 is 5.11 Å². The highest BCUT2D eigenvalue weighted by Crippen LogP contribution is 2.26. The van der Waals surface area contributed by atoms with Crippen molar-refractivity contribution in [1.82, 2.24) is 9.97 Å². The number of aliphatic hydroxyl groups is 1. The Labute approximate surface area is 106 Å². The van der Waals surface area contributed by atoms with Crippen molar-refractivity contribution in [3.63, 3.8) is 0 Å². The molecular weight excluding hydrogens is 238 g/mol. The molecule has 1 aliphatic carbocycles. The summed E-state index contributed by atoms with van der Waals surface area (Å²) in [6.07, 6.45) is 2.91. The van der Waals surface area contributed by atoms with Gasteiger partial charge in [0.15, 0.2) is 0 Å². The lowest BCUT2D eigenvalue weighted by molar-refractivity contribution is 0.138. The van der Waals surface area contributed by atoms with Crippen molar-refractivity contribution in [2.75, 3.05) is 11.9 Å². The van der Waals surface area contributed by atoms with E-state index in [1.54, 1.807) is 0 Å². The van der Waals surface area contributed by atoms with Crippen LogP contribution in [0, 0.1) is 19.8 Å². The third kappa shape index (κ3) is 2.87. The van der Waals surface area contributed by atoms with Gasteiger partial charge in [0.2, 0.25) is 0 Å². The van der Waals surface area contributed by atoms with Crippen LogP contribution < -0.4 is 5.32 Å². The summed E-state index contributed by atoms with van der Waals surface area (Å²) in [4.78, 5) is 8.42. The molecule has 0 saturated heterocycles. The van der Waals surface area contributed by atoms with Gasteiger partial charge in [-0.2, -0.15) is 0 Å². The first-order valence-corrected chi connectivity index (χ1v) is 6.38. The molecule has 2 atom stereocenters. The highest BCUT2D eigenvalue weighted by atomic mass is 35.5. The SMILES string of the molecule is Cc1nc(Cl)c(C)c(NCC2CCCC2O)n1. The fraction of sp³-hybridized carbons (Fsp3) is 0.667. The molecule has 2 N–H and O–H groups in total. The number of anilines is 1. The molecule has 2 rings (SSSR count). The molecular formula is C12H18ClN3O. The summed E-state index contributed by atoms with van der Waals surface area (Å²) in [7, 11) is 0. The van der Waals surface area contributed by atoms with Crippen molar-refractivity contribution in [1.29, 1.82) is 0 Å². The molecule has 0 aliphatic heterocycles. The number of aliphatic hydroxyl groups excluding tert-OH is 1. The minimum Gasteiger partial charge on any atom is -0.393 e. The van der Waals surface area contributed by atoms with Crippen molar-refractivity contribution in [3.8, 4) is 0 Å². The van der Waals surface area contributed by atoms with Crippen LogP contribution in [0.3, 0.4) is 0 Å². The minimum absolute atomic E-state index is 0.179. The Morgan fingerprint density at radius 2 is 2.12 bits per heavy atom. The zero-order valence-electron chi connectivity index (χ0n) is 10.2. The predicted octanol–water partition coefficient (Wildman–Crippen LogP) is 2.32. The number of aryl methyl sites for hydroxylation is 1. The number of nitrogens with one attached hydrogen (secondary N) is 1. The summed E-state index contributed by atoms with van der Waals surface area (Å²) in [6.45, 7) is 4.46. The van der Waals surface area contributed by atoms with Gasteiger partial charge in [0.1, 0.15) is 16.8 Å². The van der Waals surface area contributed by atoms with Crippen LogP contribution in [0.25, 0.3) is 0 Å². The first kappa shape index (κ1) is 12.6. The van der Waals surface area contributed by atoms with E-state index in [0.29, 0.717) is 16.9 Å². The third-order valence-corrected chi connectivity index (χ3v) is 3.72. The second-order valence-corrected chi connectivity index (χ2v) is 5.03. The van der Waals surface area contributed by atoms with Crippen molar-refractivity contribution in [3.05, 3.63) is 16.5 Å². The summed E-state index contributed by atoms with van der Waals surface area (Å²) < 4.78 is 0. The van der Waals surface area contributed by atoms with Gasteiger partial charge in [0, 0.05) is 18.0 Å². The molecule has 1 aromatic heterocycles. The normalized spacial score (nSPS) is 24.0. The van der Waals surface area contributed by atoms with Gasteiger partial charge in [-0.05, 0) is 26.7 Å². The molecule has 1 saturated carbocycles. The quantitative estimate of drug-likeness (QED) is 0.814. The molecule has 0 aromatic carbocycles. The number of rotatable bonds is 3. The lowest BCUT2D eigenvalue weighted by Crippen LogP contribution is -2.22. The maximum atomic E-state index is 9.75. The van der Waals surface area contributed by atoms with Crippen LogP contribution in [0.4, 0.5) is 5.82 Å². The Kier molecular flexibility index (Phi) is 3.84. The molecule has 0 radical (unpaired) electrons. The second kappa shape index (κ2) is 5.19. The third-order valence-electron chi connectivity index (χ3n) is 3.35. The molecule has 0 bridgehead atoms. The number of aromatic nitrogens is 2. The van der Waals surface area contributed by atoms with E-state index in [-0.39, 0.29) is 6.10 Å². The Balaban J connectivity index is 2.03. The molecule has 1 aromatic rings. The molecule has 5 heteroatoms. The van der Waals surface area contributed by atoms with Gasteiger partial charge in [0.05, 0.1) is 6.10 Å². The van der Waals surface area contributed by atoms with E-state index in [1.165, 1.54) is 0 Å². The van der Waals surface area contributed by atoms with Crippen LogP contribution in [0.5, 0.6) is 0 Å². The largest absolute Gasteiger partial charge is 0.393 e. The smallest absolute Gasteiger partial charge is 0.137 e. The predicted molar refractivity (Wildman–Crippen MR) is 68.4 cm³/mol. The Morgan fingerprint density at radius 1 is 1.35 bits per heavy atom. The van der Waals surface area contributed by atoms with Gasteiger partial charge in [-0.1, -0.05) is 18.0 Å². The molecule has 4 nitrogen and oxygen atoms in total. The van der Waals surface area contributed by atoms with Crippen molar-refractivity contribution in [2.45, 2.75) is 39.2 Å². The van der Waals surface area contributed by atoms with Gasteiger partial charge in [-0.25, -0.2) is 9.97 Å². The summed E-state index contributed by atoms with van der Waals surface area (Å²) >= 11 is 6.00. The zero-order chi connectivity index (χ0) is 12.4. The number of nitrogens with zero attached hydrogens (tertiary/aromatic N) is 2. The minimum atomic E-state index is -0.179. The zero-order valence-corrected chi connectivity index (χ0v) is 11.0. The van der Waals surface area contributed by atoms with Gasteiger partial charge in [-0.15, -0.1) is 0 Å². The first-order chi connectivity index (χ1) is 8.08. The van der Waals surface area contributed by atoms with Gasteiger partial charge in [0.25, 0.3) is 0 Å². The maximum Gasteiger partial charge on any atom is 0.137 e. The number of halogens is 1. The lowest BCUT2D eigenvalue weighted by Gasteiger charge is -2.17. The standard InChI is InChI=1S/C12H18ClN3O/c1-7-11(13)15-8(2)16-12(7)14-6-9-4-3-5-10(9)17/h9-10,17H,3-6H2,1-2H3,(H,14,15,16). The van der Waals surface area contributed by atoms with E-state index in [2.05, 4.69) is 15.3 Å². The van der Waals surface area contributed by atoms with E-state index in [9.17, 15) is 5.11 Å². The van der Waals surface area contributed by atoms with Crippen LogP contribution >= 0.6 is 11.6 Å². The molecule has 0 spiro atoms. The molecule has 1 aliphatic rings. The fourth-order valence-electron chi connectivity index (χ4n) is 2.25. The average molecular weight is 256 g/mol. The summed E-state index contributed by atoms with van der Waals surface area (Å²) in [5.74, 6) is 1.76. The van der Waals surface area contributed by atoms with Crippen LogP contribution in [-0.2, 0) is 0 Å². The first-order valence-electron chi connectivity index (χ1n) is 6.00. The summed E-state index contributed by atoms with van der Waals surface area (Å²) in [5, 5.41) is 13.5. The van der Waals surface area contributed by atoms with Crippen molar-refractivity contribution >= 4 is 17.4 Å². The van der Waals surface area contributed by atoms with Gasteiger partial charge in [-0.3, -0.25) is 0 Å². The average Bonchev–Trinajstić information content (AvgIpc) is 2.67. The Morgan fingerprint density at radius 3 is 2.76 bits per heavy atom. The highest BCUT2D eigenvalue weighted by molar-refractivity contribution is 6.30. The Bertz CT molecular complexity index is 411. The van der Waals surface area contributed by atoms with Crippen LogP contribution in [0.15, 0.2) is 0 Å². The van der Waals surface area contributed by atoms with E-state index >= 15 is 0 Å². The number of hydrogen-bond acceptors (Lipinski definition) is 4. The number of hydrogen-bond donors (Lipinski definition) is 2. The summed E-state index contributed by atoms with van der Waals surface area (Å²) in [5.41, 5.74) is 0.866. The van der Waals surface area contributed by atoms with Gasteiger partial charge >= 0.3 is 0 Å². The van der Waals surface area contributed by atoms with E-state index in [4.69, 9.17) is 11.6 Å². The Hall–Kier alpha value is -0.870. The van der Waals surface area contributed by atoms with Crippen LogP contribution in [0.1, 0.15) is 30.7 Å². The highest BCUT2D eigenvalue weighted by Gasteiger charge is 2.25. The maximum absolute atomic E-state index is 9.75. The molecule has 1 fully saturated rings. The molecule has 94 valence electrons. The van der Waals surface area contributed by atoms with Crippen LogP contribution in [0.2, 0.25) is 5.15 Å².